The number of ether oxygens (including phenoxy) is 2. The Morgan fingerprint density at radius 2 is 1.75 bits per heavy atom. The van der Waals surface area contributed by atoms with E-state index in [2.05, 4.69) is 12.2 Å². The number of hydrogen-bond donors (Lipinski definition) is 1. The highest BCUT2D eigenvalue weighted by Crippen LogP contribution is 2.17. The summed E-state index contributed by atoms with van der Waals surface area (Å²) in [6.07, 6.45) is 5.83. The molecule has 5 heteroatoms. The molecule has 1 amide bonds. The van der Waals surface area contributed by atoms with Gasteiger partial charge < -0.3 is 19.7 Å². The number of nitrogens with zero attached hydrogens (tertiary/aromatic N) is 1. The minimum absolute atomic E-state index is 0.171. The van der Waals surface area contributed by atoms with Crippen molar-refractivity contribution in [1.82, 2.24) is 10.2 Å². The lowest BCUT2D eigenvalue weighted by Crippen LogP contribution is -2.45. The zero-order chi connectivity index (χ0) is 14.2. The topological polar surface area (TPSA) is 50.8 Å². The standard InChI is InChI=1S/C15H28N2O3/c1-2-7-16-10-15(18)17(11-13-5-3-8-19-13)12-14-6-4-9-20-14/h13-14,16H,2-12H2,1H3. The molecular weight excluding hydrogens is 256 g/mol. The summed E-state index contributed by atoms with van der Waals surface area (Å²) in [6.45, 7) is 6.51. The van der Waals surface area contributed by atoms with Crippen molar-refractivity contribution in [3.8, 4) is 0 Å². The molecule has 2 aliphatic heterocycles. The van der Waals surface area contributed by atoms with Crippen molar-refractivity contribution >= 4 is 5.91 Å². The van der Waals surface area contributed by atoms with Crippen LogP contribution in [0.3, 0.4) is 0 Å². The molecule has 0 bridgehead atoms. The molecule has 20 heavy (non-hydrogen) atoms. The molecule has 116 valence electrons. The van der Waals surface area contributed by atoms with Gasteiger partial charge in [0, 0.05) is 26.3 Å². The van der Waals surface area contributed by atoms with Gasteiger partial charge in [0.1, 0.15) is 0 Å². The molecule has 0 spiro atoms. The van der Waals surface area contributed by atoms with Crippen LogP contribution >= 0.6 is 0 Å². The van der Waals surface area contributed by atoms with Gasteiger partial charge in [-0.05, 0) is 38.6 Å². The number of amides is 1. The van der Waals surface area contributed by atoms with Gasteiger partial charge >= 0.3 is 0 Å². The molecule has 2 unspecified atom stereocenters. The highest BCUT2D eigenvalue weighted by Gasteiger charge is 2.26. The fourth-order valence-electron chi connectivity index (χ4n) is 2.83. The van der Waals surface area contributed by atoms with Gasteiger partial charge in [-0.1, -0.05) is 6.92 Å². The Kier molecular flexibility index (Phi) is 6.76. The van der Waals surface area contributed by atoms with Crippen LogP contribution in [0.1, 0.15) is 39.0 Å². The van der Waals surface area contributed by atoms with Gasteiger partial charge in [0.15, 0.2) is 0 Å². The van der Waals surface area contributed by atoms with Crippen molar-refractivity contribution in [2.45, 2.75) is 51.2 Å². The second-order valence-electron chi connectivity index (χ2n) is 5.75. The van der Waals surface area contributed by atoms with Gasteiger partial charge in [-0.15, -0.1) is 0 Å². The van der Waals surface area contributed by atoms with Gasteiger partial charge in [0.2, 0.25) is 5.91 Å². The number of hydrogen-bond acceptors (Lipinski definition) is 4. The van der Waals surface area contributed by atoms with Gasteiger partial charge in [-0.2, -0.15) is 0 Å². The summed E-state index contributed by atoms with van der Waals surface area (Å²) in [5.41, 5.74) is 0. The van der Waals surface area contributed by atoms with E-state index in [0.29, 0.717) is 19.6 Å². The van der Waals surface area contributed by atoms with Crippen molar-refractivity contribution in [2.24, 2.45) is 0 Å². The van der Waals surface area contributed by atoms with E-state index in [4.69, 9.17) is 9.47 Å². The van der Waals surface area contributed by atoms with Crippen LogP contribution < -0.4 is 5.32 Å². The van der Waals surface area contributed by atoms with Gasteiger partial charge in [0.25, 0.3) is 0 Å². The van der Waals surface area contributed by atoms with Crippen LogP contribution in [0.4, 0.5) is 0 Å². The molecule has 2 rings (SSSR count). The zero-order valence-electron chi connectivity index (χ0n) is 12.6. The summed E-state index contributed by atoms with van der Waals surface area (Å²) >= 11 is 0. The van der Waals surface area contributed by atoms with Crippen molar-refractivity contribution in [3.05, 3.63) is 0 Å². The molecule has 5 nitrogen and oxygen atoms in total. The monoisotopic (exact) mass is 284 g/mol. The third-order valence-electron chi connectivity index (χ3n) is 3.95. The molecule has 0 aromatic rings. The highest BCUT2D eigenvalue weighted by molar-refractivity contribution is 5.78. The largest absolute Gasteiger partial charge is 0.376 e. The van der Waals surface area contributed by atoms with Gasteiger partial charge in [-0.25, -0.2) is 0 Å². The maximum absolute atomic E-state index is 12.3. The van der Waals surface area contributed by atoms with Crippen LogP contribution in [0, 0.1) is 0 Å². The van der Waals surface area contributed by atoms with E-state index in [-0.39, 0.29) is 18.1 Å². The second-order valence-corrected chi connectivity index (χ2v) is 5.75. The number of rotatable bonds is 8. The summed E-state index contributed by atoms with van der Waals surface area (Å²) in [7, 11) is 0. The Balaban J connectivity index is 1.82. The van der Waals surface area contributed by atoms with E-state index in [0.717, 1.165) is 51.9 Å². The average molecular weight is 284 g/mol. The highest BCUT2D eigenvalue weighted by atomic mass is 16.5. The van der Waals surface area contributed by atoms with E-state index >= 15 is 0 Å². The predicted molar refractivity (Wildman–Crippen MR) is 77.7 cm³/mol. The first-order valence-corrected chi connectivity index (χ1v) is 8.01. The molecule has 2 atom stereocenters. The molecule has 0 aromatic carbocycles. The van der Waals surface area contributed by atoms with Crippen LogP contribution in [-0.2, 0) is 14.3 Å². The Hall–Kier alpha value is -0.650. The minimum atomic E-state index is 0.171. The summed E-state index contributed by atoms with van der Waals surface area (Å²) < 4.78 is 11.3. The quantitative estimate of drug-likeness (QED) is 0.680. The van der Waals surface area contributed by atoms with E-state index in [9.17, 15) is 4.79 Å². The lowest BCUT2D eigenvalue weighted by atomic mass is 10.2. The normalized spacial score (nSPS) is 26.1. The van der Waals surface area contributed by atoms with E-state index in [1.807, 2.05) is 4.90 Å². The van der Waals surface area contributed by atoms with Crippen molar-refractivity contribution in [2.75, 3.05) is 39.4 Å². The number of nitrogens with one attached hydrogen (secondary N) is 1. The average Bonchev–Trinajstić information content (AvgIpc) is 3.11. The van der Waals surface area contributed by atoms with Crippen LogP contribution in [0.15, 0.2) is 0 Å². The fourth-order valence-corrected chi connectivity index (χ4v) is 2.83. The van der Waals surface area contributed by atoms with Crippen molar-refractivity contribution < 1.29 is 14.3 Å². The third kappa shape index (κ3) is 5.04. The predicted octanol–water partition coefficient (Wildman–Crippen LogP) is 1.17. The van der Waals surface area contributed by atoms with E-state index in [1.165, 1.54) is 0 Å². The molecule has 0 aliphatic carbocycles. The Labute approximate surface area is 122 Å². The summed E-state index contributed by atoms with van der Waals surface area (Å²) in [4.78, 5) is 14.3. The zero-order valence-corrected chi connectivity index (χ0v) is 12.6. The first kappa shape index (κ1) is 15.7. The summed E-state index contributed by atoms with van der Waals surface area (Å²) in [5.74, 6) is 0.171. The van der Waals surface area contributed by atoms with Gasteiger partial charge in [-0.3, -0.25) is 4.79 Å². The van der Waals surface area contributed by atoms with Crippen LogP contribution in [0.5, 0.6) is 0 Å². The third-order valence-corrected chi connectivity index (χ3v) is 3.95. The lowest BCUT2D eigenvalue weighted by molar-refractivity contribution is -0.133. The van der Waals surface area contributed by atoms with Crippen LogP contribution in [0.2, 0.25) is 0 Å². The second kappa shape index (κ2) is 8.60. The van der Waals surface area contributed by atoms with Crippen molar-refractivity contribution in [3.63, 3.8) is 0 Å². The van der Waals surface area contributed by atoms with Gasteiger partial charge in [0.05, 0.1) is 18.8 Å². The van der Waals surface area contributed by atoms with Crippen molar-refractivity contribution in [1.29, 1.82) is 0 Å². The molecule has 0 saturated carbocycles. The summed E-state index contributed by atoms with van der Waals surface area (Å²) in [6, 6.07) is 0. The Morgan fingerprint density at radius 1 is 1.15 bits per heavy atom. The maximum Gasteiger partial charge on any atom is 0.236 e. The molecule has 0 aromatic heterocycles. The number of carbonyl (C=O) groups is 1. The molecule has 2 saturated heterocycles. The maximum atomic E-state index is 12.3. The molecule has 0 radical (unpaired) electrons. The fraction of sp³-hybridized carbons (Fsp3) is 0.933. The van der Waals surface area contributed by atoms with Crippen LogP contribution in [0.25, 0.3) is 0 Å². The Morgan fingerprint density at radius 3 is 2.20 bits per heavy atom. The van der Waals surface area contributed by atoms with Crippen LogP contribution in [-0.4, -0.2) is 62.4 Å². The summed E-state index contributed by atoms with van der Waals surface area (Å²) in [5, 5.41) is 3.19. The first-order valence-electron chi connectivity index (χ1n) is 8.01. The molecule has 2 heterocycles. The first-order chi connectivity index (χ1) is 9.79. The number of carbonyl (C=O) groups excluding carboxylic acids is 1. The van der Waals surface area contributed by atoms with E-state index < -0.39 is 0 Å². The smallest absolute Gasteiger partial charge is 0.236 e. The lowest BCUT2D eigenvalue weighted by Gasteiger charge is -2.28. The molecule has 2 aliphatic rings. The SMILES string of the molecule is CCCNCC(=O)N(CC1CCCO1)CC1CCCO1. The molecule has 1 N–H and O–H groups in total. The molecular formula is C15H28N2O3. The molecule has 2 fully saturated rings. The Bertz CT molecular complexity index is 269. The minimum Gasteiger partial charge on any atom is -0.376 e. The van der Waals surface area contributed by atoms with E-state index in [1.54, 1.807) is 0 Å².